The molecule has 14 heavy (non-hydrogen) atoms. The number of hydrogen-bond donors (Lipinski definition) is 0. The Morgan fingerprint density at radius 1 is 1.14 bits per heavy atom. The predicted molar refractivity (Wildman–Crippen MR) is 53.4 cm³/mol. The molecule has 2 nitrogen and oxygen atoms in total. The number of benzene rings is 1. The lowest BCUT2D eigenvalue weighted by molar-refractivity contribution is -0.116. The summed E-state index contributed by atoms with van der Waals surface area (Å²) in [6, 6.07) is 7.29. The molecule has 2 rings (SSSR count). The topological polar surface area (TPSA) is 34.1 Å². The molecule has 0 N–H and O–H groups in total. The van der Waals surface area contributed by atoms with Gasteiger partial charge in [-0.25, -0.2) is 0 Å². The van der Waals surface area contributed by atoms with Crippen molar-refractivity contribution >= 4 is 11.6 Å². The van der Waals surface area contributed by atoms with Crippen molar-refractivity contribution in [3.05, 3.63) is 35.4 Å². The Labute approximate surface area is 82.9 Å². The quantitative estimate of drug-likeness (QED) is 0.633. The van der Waals surface area contributed by atoms with Gasteiger partial charge in [0.05, 0.1) is 5.92 Å². The highest BCUT2D eigenvalue weighted by molar-refractivity contribution is 6.48. The molecule has 0 heterocycles. The SMILES string of the molecule is CC(C)C1C(=O)C(=O)c2ccccc21. The maximum Gasteiger partial charge on any atom is 0.229 e. The van der Waals surface area contributed by atoms with Crippen LogP contribution in [0.4, 0.5) is 0 Å². The standard InChI is InChI=1S/C12H12O2/c1-7(2)10-8-5-3-4-6-9(8)11(13)12(10)14/h3-7,10H,1-2H3. The third-order valence-corrected chi connectivity index (χ3v) is 2.71. The second-order valence-electron chi connectivity index (χ2n) is 4.00. The summed E-state index contributed by atoms with van der Waals surface area (Å²) in [5, 5.41) is 0. The highest BCUT2D eigenvalue weighted by Gasteiger charge is 2.39. The van der Waals surface area contributed by atoms with E-state index in [-0.39, 0.29) is 23.4 Å². The maximum atomic E-state index is 11.7. The summed E-state index contributed by atoms with van der Waals surface area (Å²) in [6.45, 7) is 3.94. The molecule has 0 saturated heterocycles. The number of Topliss-reactive ketones (excluding diaryl/α,β-unsaturated/α-hetero) is 2. The van der Waals surface area contributed by atoms with Crippen LogP contribution in [0.25, 0.3) is 0 Å². The Morgan fingerprint density at radius 3 is 2.43 bits per heavy atom. The van der Waals surface area contributed by atoms with E-state index in [0.29, 0.717) is 5.56 Å². The van der Waals surface area contributed by atoms with Crippen molar-refractivity contribution < 1.29 is 9.59 Å². The van der Waals surface area contributed by atoms with Crippen molar-refractivity contribution in [1.82, 2.24) is 0 Å². The van der Waals surface area contributed by atoms with Gasteiger partial charge in [-0.3, -0.25) is 9.59 Å². The summed E-state index contributed by atoms with van der Waals surface area (Å²) in [5.74, 6) is -0.602. The zero-order valence-corrected chi connectivity index (χ0v) is 8.28. The molecular formula is C12H12O2. The van der Waals surface area contributed by atoms with Crippen LogP contribution >= 0.6 is 0 Å². The van der Waals surface area contributed by atoms with Crippen molar-refractivity contribution in [3.63, 3.8) is 0 Å². The molecular weight excluding hydrogens is 176 g/mol. The number of fused-ring (bicyclic) bond motifs is 1. The van der Waals surface area contributed by atoms with Crippen LogP contribution in [0, 0.1) is 5.92 Å². The molecule has 2 heteroatoms. The Balaban J connectivity index is 2.59. The van der Waals surface area contributed by atoms with Crippen molar-refractivity contribution in [2.24, 2.45) is 5.92 Å². The van der Waals surface area contributed by atoms with E-state index in [1.54, 1.807) is 12.1 Å². The lowest BCUT2D eigenvalue weighted by Crippen LogP contribution is -2.16. The van der Waals surface area contributed by atoms with Crippen LogP contribution in [0.1, 0.15) is 35.7 Å². The number of ketones is 2. The minimum Gasteiger partial charge on any atom is -0.290 e. The van der Waals surface area contributed by atoms with Crippen molar-refractivity contribution in [2.45, 2.75) is 19.8 Å². The molecule has 1 unspecified atom stereocenters. The van der Waals surface area contributed by atoms with E-state index in [1.807, 2.05) is 26.0 Å². The first-order valence-corrected chi connectivity index (χ1v) is 4.80. The van der Waals surface area contributed by atoms with Crippen molar-refractivity contribution in [1.29, 1.82) is 0 Å². The summed E-state index contributed by atoms with van der Waals surface area (Å²) in [5.41, 5.74) is 1.49. The Hall–Kier alpha value is -1.44. The van der Waals surface area contributed by atoms with E-state index in [0.717, 1.165) is 5.56 Å². The lowest BCUT2D eigenvalue weighted by atomic mass is 9.89. The molecule has 72 valence electrons. The van der Waals surface area contributed by atoms with Gasteiger partial charge in [-0.15, -0.1) is 0 Å². The molecule has 1 atom stereocenters. The van der Waals surface area contributed by atoms with Gasteiger partial charge in [0.2, 0.25) is 11.6 Å². The van der Waals surface area contributed by atoms with Gasteiger partial charge in [0.1, 0.15) is 0 Å². The average Bonchev–Trinajstić information content (AvgIpc) is 2.41. The van der Waals surface area contributed by atoms with E-state index in [1.165, 1.54) is 0 Å². The predicted octanol–water partition coefficient (Wildman–Crippen LogP) is 2.19. The average molecular weight is 188 g/mol. The summed E-state index contributed by atoms with van der Waals surface area (Å²) in [7, 11) is 0. The molecule has 0 fully saturated rings. The summed E-state index contributed by atoms with van der Waals surface area (Å²) >= 11 is 0. The zero-order chi connectivity index (χ0) is 10.3. The van der Waals surface area contributed by atoms with E-state index in [4.69, 9.17) is 0 Å². The van der Waals surface area contributed by atoms with Crippen LogP contribution in [0.2, 0.25) is 0 Å². The molecule has 0 bridgehead atoms. The molecule has 0 amide bonds. The Kier molecular flexibility index (Phi) is 1.99. The van der Waals surface area contributed by atoms with Crippen LogP contribution in [0.3, 0.4) is 0 Å². The first-order chi connectivity index (χ1) is 6.63. The van der Waals surface area contributed by atoms with Gasteiger partial charge in [-0.1, -0.05) is 38.1 Å². The molecule has 0 aliphatic heterocycles. The van der Waals surface area contributed by atoms with Gasteiger partial charge in [0, 0.05) is 5.56 Å². The van der Waals surface area contributed by atoms with Crippen molar-refractivity contribution in [2.75, 3.05) is 0 Å². The van der Waals surface area contributed by atoms with Crippen molar-refractivity contribution in [3.8, 4) is 0 Å². The molecule has 0 saturated carbocycles. The van der Waals surface area contributed by atoms with Gasteiger partial charge in [-0.05, 0) is 11.5 Å². The van der Waals surface area contributed by atoms with Crippen LogP contribution in [0.5, 0.6) is 0 Å². The number of carbonyl (C=O) groups excluding carboxylic acids is 2. The third-order valence-electron chi connectivity index (χ3n) is 2.71. The summed E-state index contributed by atoms with van der Waals surface area (Å²) in [4.78, 5) is 23.2. The first kappa shape index (κ1) is 9.13. The number of hydrogen-bond acceptors (Lipinski definition) is 2. The molecule has 1 aromatic carbocycles. The van der Waals surface area contributed by atoms with Crippen LogP contribution in [-0.2, 0) is 4.79 Å². The maximum absolute atomic E-state index is 11.7. The van der Waals surface area contributed by atoms with Crippen LogP contribution in [0.15, 0.2) is 24.3 Å². The molecule has 0 spiro atoms. The van der Waals surface area contributed by atoms with E-state index in [2.05, 4.69) is 0 Å². The second-order valence-corrected chi connectivity index (χ2v) is 4.00. The van der Waals surface area contributed by atoms with Crippen LogP contribution < -0.4 is 0 Å². The van der Waals surface area contributed by atoms with Gasteiger partial charge in [0.25, 0.3) is 0 Å². The van der Waals surface area contributed by atoms with Gasteiger partial charge < -0.3 is 0 Å². The van der Waals surface area contributed by atoms with Gasteiger partial charge in [-0.2, -0.15) is 0 Å². The number of carbonyl (C=O) groups is 2. The smallest absolute Gasteiger partial charge is 0.229 e. The van der Waals surface area contributed by atoms with Crippen LogP contribution in [-0.4, -0.2) is 11.6 Å². The summed E-state index contributed by atoms with van der Waals surface area (Å²) in [6.07, 6.45) is 0. The van der Waals surface area contributed by atoms with E-state index in [9.17, 15) is 9.59 Å². The van der Waals surface area contributed by atoms with E-state index >= 15 is 0 Å². The largest absolute Gasteiger partial charge is 0.290 e. The summed E-state index contributed by atoms with van der Waals surface area (Å²) < 4.78 is 0. The molecule has 1 aromatic rings. The zero-order valence-electron chi connectivity index (χ0n) is 8.28. The Bertz CT molecular complexity index is 405. The minimum absolute atomic E-state index is 0.190. The second kappa shape index (κ2) is 3.05. The fraction of sp³-hybridized carbons (Fsp3) is 0.333. The molecule has 0 radical (unpaired) electrons. The highest BCUT2D eigenvalue weighted by atomic mass is 16.2. The number of rotatable bonds is 1. The molecule has 1 aliphatic rings. The third kappa shape index (κ3) is 1.10. The lowest BCUT2D eigenvalue weighted by Gasteiger charge is -2.12. The van der Waals surface area contributed by atoms with E-state index < -0.39 is 0 Å². The fourth-order valence-corrected chi connectivity index (χ4v) is 2.05. The molecule has 0 aromatic heterocycles. The van der Waals surface area contributed by atoms with Gasteiger partial charge in [0.15, 0.2) is 0 Å². The minimum atomic E-state index is -0.320. The van der Waals surface area contributed by atoms with Gasteiger partial charge >= 0.3 is 0 Å². The highest BCUT2D eigenvalue weighted by Crippen LogP contribution is 2.35. The normalized spacial score (nSPS) is 20.4. The monoisotopic (exact) mass is 188 g/mol. The molecule has 1 aliphatic carbocycles. The Morgan fingerprint density at radius 2 is 1.79 bits per heavy atom. The first-order valence-electron chi connectivity index (χ1n) is 4.80. The fourth-order valence-electron chi connectivity index (χ4n) is 2.05.